The van der Waals surface area contributed by atoms with Crippen molar-refractivity contribution >= 4 is 17.2 Å². The summed E-state index contributed by atoms with van der Waals surface area (Å²) in [5.41, 5.74) is 5.45. The van der Waals surface area contributed by atoms with E-state index in [1.54, 1.807) is 0 Å². The molecule has 0 amide bonds. The van der Waals surface area contributed by atoms with E-state index in [4.69, 9.17) is 23.1 Å². The van der Waals surface area contributed by atoms with Crippen molar-refractivity contribution in [1.82, 2.24) is 9.80 Å². The minimum atomic E-state index is 0.265. The van der Waals surface area contributed by atoms with Gasteiger partial charge in [-0.05, 0) is 19.4 Å². The molecule has 88 valence electrons. The minimum absolute atomic E-state index is 0.265. The summed E-state index contributed by atoms with van der Waals surface area (Å²) in [4.78, 5) is 5.35. The number of nitrogens with two attached hydrogens (primary N) is 1. The molecule has 0 spiro atoms. The van der Waals surface area contributed by atoms with Crippen molar-refractivity contribution in [3.05, 3.63) is 0 Å². The maximum absolute atomic E-state index is 8.80. The van der Waals surface area contributed by atoms with Crippen LogP contribution in [0.15, 0.2) is 0 Å². The van der Waals surface area contributed by atoms with Gasteiger partial charge in [-0.2, -0.15) is 0 Å². The van der Waals surface area contributed by atoms with Crippen molar-refractivity contribution in [2.75, 3.05) is 45.9 Å². The number of thiocarbonyl (C=S) groups is 1. The molecule has 1 aliphatic rings. The Kier molecular flexibility index (Phi) is 6.09. The normalized spacial score (nSPS) is 19.3. The van der Waals surface area contributed by atoms with Crippen molar-refractivity contribution in [1.29, 1.82) is 0 Å². The molecule has 0 unspecified atom stereocenters. The Morgan fingerprint density at radius 1 is 1.13 bits per heavy atom. The van der Waals surface area contributed by atoms with Crippen LogP contribution in [-0.4, -0.2) is 65.8 Å². The zero-order valence-corrected chi connectivity index (χ0v) is 10.0. The number of β-amino-alcohol motifs (C(OH)–C–C–N with tert-alkyl or cyclic N) is 1. The topological polar surface area (TPSA) is 52.7 Å². The Hall–Kier alpha value is -0.230. The summed E-state index contributed by atoms with van der Waals surface area (Å²) >= 11 is 4.84. The molecule has 0 bridgehead atoms. The van der Waals surface area contributed by atoms with Gasteiger partial charge in [-0.25, -0.2) is 0 Å². The number of hydrogen-bond donors (Lipinski definition) is 2. The Balaban J connectivity index is 2.06. The first kappa shape index (κ1) is 12.8. The smallest absolute Gasteiger partial charge is 0.0727 e. The quantitative estimate of drug-likeness (QED) is 0.613. The molecular weight excluding hydrogens is 210 g/mol. The average molecular weight is 231 g/mol. The van der Waals surface area contributed by atoms with E-state index >= 15 is 0 Å². The van der Waals surface area contributed by atoms with Crippen LogP contribution in [0.2, 0.25) is 0 Å². The summed E-state index contributed by atoms with van der Waals surface area (Å²) in [5, 5.41) is 8.80. The van der Waals surface area contributed by atoms with E-state index < -0.39 is 0 Å². The number of aliphatic hydroxyl groups is 1. The summed E-state index contributed by atoms with van der Waals surface area (Å²) in [5.74, 6) is 0. The van der Waals surface area contributed by atoms with Crippen molar-refractivity contribution in [3.8, 4) is 0 Å². The van der Waals surface area contributed by atoms with Crippen molar-refractivity contribution < 1.29 is 5.11 Å². The van der Waals surface area contributed by atoms with Gasteiger partial charge >= 0.3 is 0 Å². The molecule has 4 nitrogen and oxygen atoms in total. The van der Waals surface area contributed by atoms with Gasteiger partial charge in [-0.1, -0.05) is 12.2 Å². The number of nitrogens with zero attached hydrogens (tertiary/aromatic N) is 2. The minimum Gasteiger partial charge on any atom is -0.395 e. The highest BCUT2D eigenvalue weighted by atomic mass is 32.1. The molecule has 1 heterocycles. The lowest BCUT2D eigenvalue weighted by Gasteiger charge is -2.34. The second-order valence-corrected chi connectivity index (χ2v) is 4.50. The monoisotopic (exact) mass is 231 g/mol. The lowest BCUT2D eigenvalue weighted by atomic mass is 10.2. The summed E-state index contributed by atoms with van der Waals surface area (Å²) < 4.78 is 0. The largest absolute Gasteiger partial charge is 0.395 e. The van der Waals surface area contributed by atoms with E-state index in [0.29, 0.717) is 4.99 Å². The zero-order valence-electron chi connectivity index (χ0n) is 9.19. The molecule has 0 aliphatic carbocycles. The first-order valence-electron chi connectivity index (χ1n) is 5.56. The summed E-state index contributed by atoms with van der Waals surface area (Å²) in [6.45, 7) is 6.47. The molecule has 15 heavy (non-hydrogen) atoms. The SMILES string of the molecule is NC(=S)CCCN1CCN(CCO)CC1. The van der Waals surface area contributed by atoms with Gasteiger partial charge in [-0.15, -0.1) is 0 Å². The van der Waals surface area contributed by atoms with E-state index in [0.717, 1.165) is 52.1 Å². The van der Waals surface area contributed by atoms with Crippen molar-refractivity contribution in [2.24, 2.45) is 5.73 Å². The standard InChI is InChI=1S/C10H21N3OS/c11-10(15)2-1-3-12-4-6-13(7-5-12)8-9-14/h14H,1-9H2,(H2,11,15). The van der Waals surface area contributed by atoms with Crippen LogP contribution in [0.5, 0.6) is 0 Å². The second kappa shape index (κ2) is 7.11. The third-order valence-corrected chi connectivity index (χ3v) is 2.98. The van der Waals surface area contributed by atoms with Crippen LogP contribution >= 0.6 is 12.2 Å². The Bertz CT molecular complexity index is 193. The zero-order chi connectivity index (χ0) is 11.1. The summed E-state index contributed by atoms with van der Waals surface area (Å²) in [7, 11) is 0. The third-order valence-electron chi connectivity index (χ3n) is 2.78. The summed E-state index contributed by atoms with van der Waals surface area (Å²) in [6, 6.07) is 0. The number of piperazine rings is 1. The van der Waals surface area contributed by atoms with Crippen molar-refractivity contribution in [3.63, 3.8) is 0 Å². The molecule has 0 radical (unpaired) electrons. The van der Waals surface area contributed by atoms with Crippen LogP contribution < -0.4 is 5.73 Å². The summed E-state index contributed by atoms with van der Waals surface area (Å²) in [6.07, 6.45) is 1.92. The fourth-order valence-electron chi connectivity index (χ4n) is 1.85. The Morgan fingerprint density at radius 3 is 2.13 bits per heavy atom. The average Bonchev–Trinajstić information content (AvgIpc) is 2.20. The molecule has 5 heteroatoms. The maximum Gasteiger partial charge on any atom is 0.0727 e. The molecule has 1 fully saturated rings. The Morgan fingerprint density at radius 2 is 1.67 bits per heavy atom. The van der Waals surface area contributed by atoms with Gasteiger partial charge < -0.3 is 15.7 Å². The lowest BCUT2D eigenvalue weighted by molar-refractivity contribution is 0.112. The van der Waals surface area contributed by atoms with E-state index in [-0.39, 0.29) is 6.61 Å². The van der Waals surface area contributed by atoms with Gasteiger partial charge in [0.05, 0.1) is 11.6 Å². The predicted molar refractivity (Wildman–Crippen MR) is 66.0 cm³/mol. The lowest BCUT2D eigenvalue weighted by Crippen LogP contribution is -2.47. The molecule has 1 rings (SSSR count). The molecule has 3 N–H and O–H groups in total. The van der Waals surface area contributed by atoms with Gasteiger partial charge in [-0.3, -0.25) is 4.90 Å². The molecular formula is C10H21N3OS. The van der Waals surface area contributed by atoms with Crippen molar-refractivity contribution in [2.45, 2.75) is 12.8 Å². The molecule has 0 aromatic rings. The van der Waals surface area contributed by atoms with Gasteiger partial charge in [0, 0.05) is 32.7 Å². The van der Waals surface area contributed by atoms with E-state index in [1.807, 2.05) is 0 Å². The van der Waals surface area contributed by atoms with Gasteiger partial charge in [0.1, 0.15) is 0 Å². The number of rotatable bonds is 6. The fourth-order valence-corrected chi connectivity index (χ4v) is 2.00. The number of aliphatic hydroxyl groups excluding tert-OH is 1. The molecule has 0 atom stereocenters. The molecule has 0 aromatic heterocycles. The van der Waals surface area contributed by atoms with Crippen LogP contribution in [0.25, 0.3) is 0 Å². The first-order valence-corrected chi connectivity index (χ1v) is 5.97. The molecule has 1 aliphatic heterocycles. The second-order valence-electron chi connectivity index (χ2n) is 3.98. The highest BCUT2D eigenvalue weighted by molar-refractivity contribution is 7.80. The predicted octanol–water partition coefficient (Wildman–Crippen LogP) is -0.337. The first-order chi connectivity index (χ1) is 7.22. The molecule has 1 saturated heterocycles. The fraction of sp³-hybridized carbons (Fsp3) is 0.900. The van der Waals surface area contributed by atoms with E-state index in [1.165, 1.54) is 0 Å². The highest BCUT2D eigenvalue weighted by Crippen LogP contribution is 2.03. The van der Waals surface area contributed by atoms with E-state index in [9.17, 15) is 0 Å². The van der Waals surface area contributed by atoms with Gasteiger partial charge in [0.25, 0.3) is 0 Å². The van der Waals surface area contributed by atoms with Crippen LogP contribution in [0.4, 0.5) is 0 Å². The van der Waals surface area contributed by atoms with Crippen LogP contribution in [-0.2, 0) is 0 Å². The van der Waals surface area contributed by atoms with Gasteiger partial charge in [0.2, 0.25) is 0 Å². The number of hydrogen-bond acceptors (Lipinski definition) is 4. The molecule has 0 aromatic carbocycles. The van der Waals surface area contributed by atoms with Crippen LogP contribution in [0.1, 0.15) is 12.8 Å². The molecule has 0 saturated carbocycles. The Labute approximate surface area is 97.0 Å². The third kappa shape index (κ3) is 5.41. The maximum atomic E-state index is 8.80. The van der Waals surface area contributed by atoms with Crippen LogP contribution in [0.3, 0.4) is 0 Å². The van der Waals surface area contributed by atoms with E-state index in [2.05, 4.69) is 9.80 Å². The van der Waals surface area contributed by atoms with Gasteiger partial charge in [0.15, 0.2) is 0 Å². The van der Waals surface area contributed by atoms with Crippen LogP contribution in [0, 0.1) is 0 Å². The highest BCUT2D eigenvalue weighted by Gasteiger charge is 2.15.